The summed E-state index contributed by atoms with van der Waals surface area (Å²) in [4.78, 5) is 6.19. The molecule has 0 bridgehead atoms. The Balaban J connectivity index is 1.99. The van der Waals surface area contributed by atoms with Crippen LogP contribution < -0.4 is 10.6 Å². The minimum atomic E-state index is 0.824. The molecule has 0 atom stereocenters. The Morgan fingerprint density at radius 2 is 1.82 bits per heavy atom. The van der Waals surface area contributed by atoms with Crippen LogP contribution >= 0.6 is 0 Å². The fraction of sp³-hybridized carbons (Fsp3) is 0.214. The van der Waals surface area contributed by atoms with E-state index in [2.05, 4.69) is 16.9 Å². The zero-order chi connectivity index (χ0) is 12.1. The van der Waals surface area contributed by atoms with E-state index in [0.717, 1.165) is 24.3 Å². The summed E-state index contributed by atoms with van der Waals surface area (Å²) < 4.78 is 0. The smallest absolute Gasteiger partial charge is 0.0597 e. The monoisotopic (exact) mass is 227 g/mol. The van der Waals surface area contributed by atoms with Crippen LogP contribution in [-0.2, 0) is 6.42 Å². The molecule has 0 unspecified atom stereocenters. The average molecular weight is 227 g/mol. The molecule has 0 aliphatic rings. The highest BCUT2D eigenvalue weighted by molar-refractivity contribution is 5.66. The predicted octanol–water partition coefficient (Wildman–Crippen LogP) is 2.34. The zero-order valence-electron chi connectivity index (χ0n) is 10.0. The topological polar surface area (TPSA) is 42.2 Å². The lowest BCUT2D eigenvalue weighted by Crippen LogP contribution is -2.21. The average Bonchev–Trinajstić information content (AvgIpc) is 2.38. The van der Waals surface area contributed by atoms with Crippen molar-refractivity contribution in [2.24, 2.45) is 0 Å². The standard InChI is InChI=1S/C14H17N3/c1-17(14-5-3-2-4-13(14)15)11-8-12-6-9-16-10-7-12/h2-7,9-10H,8,11,15H2,1H3. The zero-order valence-corrected chi connectivity index (χ0v) is 10.0. The van der Waals surface area contributed by atoms with Crippen molar-refractivity contribution in [1.82, 2.24) is 4.98 Å². The Kier molecular flexibility index (Phi) is 3.60. The number of hydrogen-bond donors (Lipinski definition) is 1. The van der Waals surface area contributed by atoms with E-state index in [1.807, 2.05) is 48.8 Å². The number of nitrogens with zero attached hydrogens (tertiary/aromatic N) is 2. The maximum atomic E-state index is 5.94. The second-order valence-electron chi connectivity index (χ2n) is 4.09. The van der Waals surface area contributed by atoms with Gasteiger partial charge in [-0.25, -0.2) is 0 Å². The normalized spacial score (nSPS) is 10.2. The molecule has 88 valence electrons. The number of nitrogens with two attached hydrogens (primary N) is 1. The SMILES string of the molecule is CN(CCc1ccncc1)c1ccccc1N. The van der Waals surface area contributed by atoms with Gasteiger partial charge < -0.3 is 10.6 Å². The van der Waals surface area contributed by atoms with Crippen LogP contribution in [0.5, 0.6) is 0 Å². The molecule has 1 aromatic heterocycles. The Hall–Kier alpha value is -2.03. The maximum Gasteiger partial charge on any atom is 0.0597 e. The minimum absolute atomic E-state index is 0.824. The first kappa shape index (κ1) is 11.5. The highest BCUT2D eigenvalue weighted by Gasteiger charge is 2.04. The summed E-state index contributed by atoms with van der Waals surface area (Å²) in [6.07, 6.45) is 4.64. The van der Waals surface area contributed by atoms with Gasteiger partial charge in [0.1, 0.15) is 0 Å². The van der Waals surface area contributed by atoms with E-state index in [4.69, 9.17) is 5.73 Å². The fourth-order valence-electron chi connectivity index (χ4n) is 1.80. The Bertz CT molecular complexity index is 468. The third-order valence-corrected chi connectivity index (χ3v) is 2.83. The Labute approximate surface area is 102 Å². The molecule has 0 amide bonds. The molecule has 1 heterocycles. The van der Waals surface area contributed by atoms with Crippen LogP contribution in [0, 0.1) is 0 Å². The predicted molar refractivity (Wildman–Crippen MR) is 72.1 cm³/mol. The molecular formula is C14H17N3. The first-order valence-corrected chi connectivity index (χ1v) is 5.72. The molecule has 0 saturated heterocycles. The number of hydrogen-bond acceptors (Lipinski definition) is 3. The lowest BCUT2D eigenvalue weighted by atomic mass is 10.2. The summed E-state index contributed by atoms with van der Waals surface area (Å²) in [5.74, 6) is 0. The summed E-state index contributed by atoms with van der Waals surface area (Å²) in [6.45, 7) is 0.943. The molecule has 2 rings (SSSR count). The molecule has 0 fully saturated rings. The largest absolute Gasteiger partial charge is 0.397 e. The number of anilines is 2. The van der Waals surface area contributed by atoms with Gasteiger partial charge in [0, 0.05) is 26.0 Å². The van der Waals surface area contributed by atoms with Gasteiger partial charge in [-0.15, -0.1) is 0 Å². The van der Waals surface area contributed by atoms with Crippen molar-refractivity contribution in [3.8, 4) is 0 Å². The van der Waals surface area contributed by atoms with Crippen molar-refractivity contribution >= 4 is 11.4 Å². The summed E-state index contributed by atoms with van der Waals surface area (Å²) in [5.41, 5.74) is 9.14. The van der Waals surface area contributed by atoms with Crippen LogP contribution in [-0.4, -0.2) is 18.6 Å². The molecular weight excluding hydrogens is 210 g/mol. The van der Waals surface area contributed by atoms with E-state index in [1.165, 1.54) is 5.56 Å². The number of para-hydroxylation sites is 2. The van der Waals surface area contributed by atoms with Gasteiger partial charge >= 0.3 is 0 Å². The van der Waals surface area contributed by atoms with Crippen molar-refractivity contribution < 1.29 is 0 Å². The second kappa shape index (κ2) is 5.34. The van der Waals surface area contributed by atoms with E-state index < -0.39 is 0 Å². The maximum absolute atomic E-state index is 5.94. The van der Waals surface area contributed by atoms with Crippen molar-refractivity contribution in [1.29, 1.82) is 0 Å². The Morgan fingerprint density at radius 3 is 2.53 bits per heavy atom. The van der Waals surface area contributed by atoms with E-state index in [1.54, 1.807) is 0 Å². The van der Waals surface area contributed by atoms with Crippen molar-refractivity contribution in [3.63, 3.8) is 0 Å². The number of likely N-dealkylation sites (N-methyl/N-ethyl adjacent to an activating group) is 1. The summed E-state index contributed by atoms with van der Waals surface area (Å²) in [7, 11) is 2.06. The molecule has 0 saturated carbocycles. The quantitative estimate of drug-likeness (QED) is 0.815. The van der Waals surface area contributed by atoms with E-state index in [9.17, 15) is 0 Å². The Morgan fingerprint density at radius 1 is 1.12 bits per heavy atom. The van der Waals surface area contributed by atoms with Crippen LogP contribution in [0.15, 0.2) is 48.8 Å². The lowest BCUT2D eigenvalue weighted by Gasteiger charge is -2.20. The van der Waals surface area contributed by atoms with Gasteiger partial charge in [0.25, 0.3) is 0 Å². The lowest BCUT2D eigenvalue weighted by molar-refractivity contribution is 0.876. The summed E-state index contributed by atoms with van der Waals surface area (Å²) in [5, 5.41) is 0. The molecule has 2 aromatic rings. The third kappa shape index (κ3) is 2.97. The van der Waals surface area contributed by atoms with Crippen LogP contribution in [0.25, 0.3) is 0 Å². The summed E-state index contributed by atoms with van der Waals surface area (Å²) >= 11 is 0. The molecule has 0 spiro atoms. The van der Waals surface area contributed by atoms with Crippen molar-refractivity contribution in [2.75, 3.05) is 24.2 Å². The molecule has 2 N–H and O–H groups in total. The van der Waals surface area contributed by atoms with E-state index in [-0.39, 0.29) is 0 Å². The molecule has 0 radical (unpaired) electrons. The number of nitrogen functional groups attached to an aromatic ring is 1. The third-order valence-electron chi connectivity index (χ3n) is 2.83. The second-order valence-corrected chi connectivity index (χ2v) is 4.09. The minimum Gasteiger partial charge on any atom is -0.397 e. The van der Waals surface area contributed by atoms with Gasteiger partial charge in [-0.1, -0.05) is 12.1 Å². The first-order chi connectivity index (χ1) is 8.27. The molecule has 0 aliphatic carbocycles. The van der Waals surface area contributed by atoms with E-state index >= 15 is 0 Å². The van der Waals surface area contributed by atoms with Gasteiger partial charge in [-0.05, 0) is 36.2 Å². The van der Waals surface area contributed by atoms with E-state index in [0.29, 0.717) is 0 Å². The fourth-order valence-corrected chi connectivity index (χ4v) is 1.80. The number of rotatable bonds is 4. The summed E-state index contributed by atoms with van der Waals surface area (Å²) in [6, 6.07) is 12.0. The highest BCUT2D eigenvalue weighted by atomic mass is 15.1. The number of benzene rings is 1. The molecule has 3 nitrogen and oxygen atoms in total. The van der Waals surface area contributed by atoms with Gasteiger partial charge in [0.2, 0.25) is 0 Å². The van der Waals surface area contributed by atoms with Gasteiger partial charge in [-0.3, -0.25) is 4.98 Å². The number of aromatic nitrogens is 1. The first-order valence-electron chi connectivity index (χ1n) is 5.72. The van der Waals surface area contributed by atoms with Gasteiger partial charge in [0.15, 0.2) is 0 Å². The van der Waals surface area contributed by atoms with Crippen LogP contribution in [0.2, 0.25) is 0 Å². The molecule has 17 heavy (non-hydrogen) atoms. The van der Waals surface area contributed by atoms with Crippen molar-refractivity contribution in [2.45, 2.75) is 6.42 Å². The van der Waals surface area contributed by atoms with Gasteiger partial charge in [-0.2, -0.15) is 0 Å². The molecule has 1 aromatic carbocycles. The highest BCUT2D eigenvalue weighted by Crippen LogP contribution is 2.20. The molecule has 0 aliphatic heterocycles. The van der Waals surface area contributed by atoms with Crippen LogP contribution in [0.3, 0.4) is 0 Å². The van der Waals surface area contributed by atoms with Crippen LogP contribution in [0.4, 0.5) is 11.4 Å². The van der Waals surface area contributed by atoms with Crippen molar-refractivity contribution in [3.05, 3.63) is 54.4 Å². The van der Waals surface area contributed by atoms with Gasteiger partial charge in [0.05, 0.1) is 11.4 Å². The van der Waals surface area contributed by atoms with Crippen LogP contribution in [0.1, 0.15) is 5.56 Å². The number of pyridine rings is 1. The molecule has 3 heteroatoms.